The number of fused-ring (bicyclic) bond motifs is 2. The van der Waals surface area contributed by atoms with E-state index < -0.39 is 0 Å². The summed E-state index contributed by atoms with van der Waals surface area (Å²) >= 11 is 0. The summed E-state index contributed by atoms with van der Waals surface area (Å²) in [5.41, 5.74) is 8.60. The van der Waals surface area contributed by atoms with Gasteiger partial charge in [0, 0.05) is 5.39 Å². The Morgan fingerprint density at radius 3 is 2.72 bits per heavy atom. The third-order valence-corrected chi connectivity index (χ3v) is 4.88. The largest absolute Gasteiger partial charge is 0.459 e. The Morgan fingerprint density at radius 2 is 2.00 bits per heavy atom. The maximum absolute atomic E-state index is 6.40. The Hall–Kier alpha value is -1.28. The number of para-hydroxylation sites is 1. The molecule has 0 aliphatic heterocycles. The van der Waals surface area contributed by atoms with E-state index in [9.17, 15) is 0 Å². The molecule has 2 N–H and O–H groups in total. The van der Waals surface area contributed by atoms with Crippen molar-refractivity contribution in [3.63, 3.8) is 0 Å². The highest BCUT2D eigenvalue weighted by molar-refractivity contribution is 5.81. The second-order valence-electron chi connectivity index (χ2n) is 6.16. The van der Waals surface area contributed by atoms with E-state index in [4.69, 9.17) is 10.2 Å². The molecule has 2 aliphatic rings. The number of hydrogen-bond acceptors (Lipinski definition) is 2. The first kappa shape index (κ1) is 10.6. The van der Waals surface area contributed by atoms with E-state index in [1.165, 1.54) is 30.2 Å². The van der Waals surface area contributed by atoms with Gasteiger partial charge < -0.3 is 10.2 Å². The zero-order chi connectivity index (χ0) is 12.3. The van der Waals surface area contributed by atoms with Crippen LogP contribution < -0.4 is 5.73 Å². The molecule has 2 fully saturated rings. The van der Waals surface area contributed by atoms with Gasteiger partial charge in [-0.05, 0) is 55.6 Å². The molecule has 94 valence electrons. The van der Waals surface area contributed by atoms with E-state index in [0.717, 1.165) is 23.2 Å². The third kappa shape index (κ3) is 1.52. The molecule has 1 aromatic heterocycles. The molecule has 3 atom stereocenters. The predicted molar refractivity (Wildman–Crippen MR) is 72.2 cm³/mol. The minimum absolute atomic E-state index is 0.0876. The van der Waals surface area contributed by atoms with E-state index in [-0.39, 0.29) is 6.04 Å². The van der Waals surface area contributed by atoms with Gasteiger partial charge in [0.25, 0.3) is 0 Å². The summed E-state index contributed by atoms with van der Waals surface area (Å²) in [5, 5.41) is 1.18. The Labute approximate surface area is 107 Å². The van der Waals surface area contributed by atoms with Gasteiger partial charge in [0.1, 0.15) is 11.3 Å². The molecule has 0 spiro atoms. The molecule has 0 saturated heterocycles. The van der Waals surface area contributed by atoms with Gasteiger partial charge in [-0.3, -0.25) is 0 Å². The van der Waals surface area contributed by atoms with Gasteiger partial charge in [0.05, 0.1) is 6.04 Å². The van der Waals surface area contributed by atoms with Crippen LogP contribution in [0.15, 0.2) is 28.7 Å². The van der Waals surface area contributed by atoms with Crippen molar-refractivity contribution in [3.8, 4) is 0 Å². The molecule has 0 radical (unpaired) electrons. The van der Waals surface area contributed by atoms with Crippen molar-refractivity contribution >= 4 is 11.0 Å². The maximum Gasteiger partial charge on any atom is 0.137 e. The summed E-state index contributed by atoms with van der Waals surface area (Å²) in [4.78, 5) is 0. The summed E-state index contributed by atoms with van der Waals surface area (Å²) in [7, 11) is 0. The zero-order valence-electron chi connectivity index (χ0n) is 10.7. The van der Waals surface area contributed by atoms with Gasteiger partial charge in [-0.25, -0.2) is 0 Å². The van der Waals surface area contributed by atoms with Gasteiger partial charge in [0.2, 0.25) is 0 Å². The number of nitrogens with two attached hydrogens (primary N) is 1. The minimum Gasteiger partial charge on any atom is -0.459 e. The van der Waals surface area contributed by atoms with Gasteiger partial charge in [0.15, 0.2) is 0 Å². The van der Waals surface area contributed by atoms with Crippen molar-refractivity contribution in [2.24, 2.45) is 23.5 Å². The molecule has 1 heterocycles. The first-order chi connectivity index (χ1) is 8.72. The molecular weight excluding hydrogens is 222 g/mol. The van der Waals surface area contributed by atoms with Crippen molar-refractivity contribution in [1.82, 2.24) is 0 Å². The highest BCUT2D eigenvalue weighted by Gasteiger charge is 2.47. The van der Waals surface area contributed by atoms with Gasteiger partial charge >= 0.3 is 0 Å². The number of furan rings is 1. The molecule has 0 bridgehead atoms. The summed E-state index contributed by atoms with van der Waals surface area (Å²) in [5.74, 6) is 3.57. The monoisotopic (exact) mass is 241 g/mol. The van der Waals surface area contributed by atoms with Crippen LogP contribution in [0.5, 0.6) is 0 Å². The molecule has 18 heavy (non-hydrogen) atoms. The fraction of sp³-hybridized carbons (Fsp3) is 0.500. The van der Waals surface area contributed by atoms with E-state index in [0.29, 0.717) is 5.92 Å². The fourth-order valence-electron chi connectivity index (χ4n) is 3.68. The second-order valence-corrected chi connectivity index (χ2v) is 6.16. The average molecular weight is 241 g/mol. The van der Waals surface area contributed by atoms with Crippen molar-refractivity contribution in [2.45, 2.75) is 32.2 Å². The SMILES string of the molecule is Cc1cccc2cc(C(N)C3CC4CC4C3)oc12. The molecule has 2 saturated carbocycles. The van der Waals surface area contributed by atoms with E-state index in [1.54, 1.807) is 0 Å². The molecule has 4 rings (SSSR count). The summed E-state index contributed by atoms with van der Waals surface area (Å²) < 4.78 is 6.00. The lowest BCUT2D eigenvalue weighted by Gasteiger charge is -2.18. The standard InChI is InChI=1S/C16H19NO/c1-9-3-2-4-10-8-14(18-16(9)10)15(17)13-6-11-5-12(11)7-13/h2-4,8,11-13,15H,5-7,17H2,1H3. The van der Waals surface area contributed by atoms with Crippen molar-refractivity contribution in [1.29, 1.82) is 0 Å². The van der Waals surface area contributed by atoms with Crippen LogP contribution in [-0.4, -0.2) is 0 Å². The highest BCUT2D eigenvalue weighted by atomic mass is 16.3. The third-order valence-electron chi connectivity index (χ3n) is 4.88. The zero-order valence-corrected chi connectivity index (χ0v) is 10.7. The molecule has 2 aromatic rings. The Bertz CT molecular complexity index is 590. The number of aryl methyl sites for hydroxylation is 1. The molecule has 3 unspecified atom stereocenters. The van der Waals surface area contributed by atoms with Crippen molar-refractivity contribution in [2.75, 3.05) is 0 Å². The second kappa shape index (κ2) is 3.61. The van der Waals surface area contributed by atoms with Crippen LogP contribution in [0.25, 0.3) is 11.0 Å². The van der Waals surface area contributed by atoms with E-state index in [1.807, 2.05) is 0 Å². The minimum atomic E-state index is 0.0876. The van der Waals surface area contributed by atoms with Crippen LogP contribution in [0.2, 0.25) is 0 Å². The molecule has 1 aromatic carbocycles. The lowest BCUT2D eigenvalue weighted by atomic mass is 9.93. The molecular formula is C16H19NO. The first-order valence-electron chi connectivity index (χ1n) is 6.97. The van der Waals surface area contributed by atoms with Crippen LogP contribution in [0.3, 0.4) is 0 Å². The van der Waals surface area contributed by atoms with Crippen LogP contribution in [0, 0.1) is 24.7 Å². The summed E-state index contributed by atoms with van der Waals surface area (Å²) in [6.45, 7) is 2.09. The molecule has 0 amide bonds. The summed E-state index contributed by atoms with van der Waals surface area (Å²) in [6, 6.07) is 8.49. The fourth-order valence-corrected chi connectivity index (χ4v) is 3.68. The quantitative estimate of drug-likeness (QED) is 0.868. The maximum atomic E-state index is 6.40. The number of benzene rings is 1. The first-order valence-corrected chi connectivity index (χ1v) is 6.97. The normalized spacial score (nSPS) is 31.6. The summed E-state index contributed by atoms with van der Waals surface area (Å²) in [6.07, 6.45) is 4.06. The molecule has 2 nitrogen and oxygen atoms in total. The molecule has 2 heteroatoms. The average Bonchev–Trinajstić information content (AvgIpc) is 2.80. The van der Waals surface area contributed by atoms with E-state index >= 15 is 0 Å². The smallest absolute Gasteiger partial charge is 0.137 e. The Kier molecular flexibility index (Phi) is 2.13. The van der Waals surface area contributed by atoms with Gasteiger partial charge in [-0.2, -0.15) is 0 Å². The van der Waals surface area contributed by atoms with Crippen LogP contribution >= 0.6 is 0 Å². The van der Waals surface area contributed by atoms with Gasteiger partial charge in [-0.1, -0.05) is 18.2 Å². The highest BCUT2D eigenvalue weighted by Crippen LogP contribution is 2.56. The van der Waals surface area contributed by atoms with Crippen LogP contribution in [0.4, 0.5) is 0 Å². The van der Waals surface area contributed by atoms with Crippen LogP contribution in [0.1, 0.15) is 36.6 Å². The lowest BCUT2D eigenvalue weighted by molar-refractivity contribution is 0.355. The topological polar surface area (TPSA) is 39.2 Å². The number of rotatable bonds is 2. The lowest BCUT2D eigenvalue weighted by Crippen LogP contribution is -2.19. The molecule has 2 aliphatic carbocycles. The Morgan fingerprint density at radius 1 is 1.22 bits per heavy atom. The van der Waals surface area contributed by atoms with E-state index in [2.05, 4.69) is 31.2 Å². The number of hydrogen-bond donors (Lipinski definition) is 1. The van der Waals surface area contributed by atoms with Crippen molar-refractivity contribution < 1.29 is 4.42 Å². The van der Waals surface area contributed by atoms with Gasteiger partial charge in [-0.15, -0.1) is 0 Å². The Balaban J connectivity index is 1.67. The van der Waals surface area contributed by atoms with Crippen molar-refractivity contribution in [3.05, 3.63) is 35.6 Å². The van der Waals surface area contributed by atoms with Crippen LogP contribution in [-0.2, 0) is 0 Å². The predicted octanol–water partition coefficient (Wildman–Crippen LogP) is 3.79.